The molecule has 2 aromatic heterocycles. The summed E-state index contributed by atoms with van der Waals surface area (Å²) in [5, 5.41) is 20.1. The molecule has 2 aromatic carbocycles. The fourth-order valence-electron chi connectivity index (χ4n) is 2.96. The van der Waals surface area contributed by atoms with Crippen molar-refractivity contribution in [3.63, 3.8) is 0 Å². The molecule has 0 atom stereocenters. The Hall–Kier alpha value is -3.45. The molecule has 0 aliphatic rings. The second-order valence-corrected chi connectivity index (χ2v) is 6.63. The van der Waals surface area contributed by atoms with E-state index >= 15 is 0 Å². The van der Waals surface area contributed by atoms with E-state index in [4.69, 9.17) is 11.6 Å². The summed E-state index contributed by atoms with van der Waals surface area (Å²) in [6.45, 7) is 3.44. The standard InChI is InChI=1S/C20H16ClN5O2/c1-12-15(20(28)26(24-12)18-10-6-4-8-16(18)21)11-22-25-13(2)23-17-9-5-3-7-14(17)19(25)27/h3-11,28H,1-2H3. The van der Waals surface area contributed by atoms with Crippen molar-refractivity contribution < 1.29 is 5.11 Å². The second kappa shape index (κ2) is 6.94. The smallest absolute Gasteiger partial charge is 0.282 e. The van der Waals surface area contributed by atoms with Gasteiger partial charge in [0.15, 0.2) is 0 Å². The lowest BCUT2D eigenvalue weighted by Crippen LogP contribution is -2.20. The summed E-state index contributed by atoms with van der Waals surface area (Å²) in [5.41, 5.74) is 1.81. The van der Waals surface area contributed by atoms with E-state index in [1.807, 2.05) is 6.07 Å². The summed E-state index contributed by atoms with van der Waals surface area (Å²) in [4.78, 5) is 17.1. The first-order valence-electron chi connectivity index (χ1n) is 8.53. The van der Waals surface area contributed by atoms with Gasteiger partial charge in [0.25, 0.3) is 5.56 Å². The molecule has 28 heavy (non-hydrogen) atoms. The van der Waals surface area contributed by atoms with E-state index in [1.165, 1.54) is 15.6 Å². The molecule has 0 spiro atoms. The van der Waals surface area contributed by atoms with Crippen LogP contribution in [0.4, 0.5) is 0 Å². The van der Waals surface area contributed by atoms with Crippen LogP contribution in [0.3, 0.4) is 0 Å². The largest absolute Gasteiger partial charge is 0.493 e. The molecule has 8 heteroatoms. The van der Waals surface area contributed by atoms with E-state index in [-0.39, 0.29) is 11.4 Å². The number of para-hydroxylation sites is 2. The van der Waals surface area contributed by atoms with Crippen molar-refractivity contribution in [2.75, 3.05) is 0 Å². The van der Waals surface area contributed by atoms with E-state index < -0.39 is 0 Å². The van der Waals surface area contributed by atoms with Crippen molar-refractivity contribution in [1.82, 2.24) is 19.4 Å². The van der Waals surface area contributed by atoms with Gasteiger partial charge < -0.3 is 5.11 Å². The monoisotopic (exact) mass is 393 g/mol. The molecule has 7 nitrogen and oxygen atoms in total. The summed E-state index contributed by atoms with van der Waals surface area (Å²) in [6, 6.07) is 14.1. The van der Waals surface area contributed by atoms with Gasteiger partial charge in [-0.05, 0) is 38.1 Å². The Morgan fingerprint density at radius 1 is 1.11 bits per heavy atom. The SMILES string of the molecule is Cc1nn(-c2ccccc2Cl)c(O)c1C=Nn1c(C)nc2ccccc2c1=O. The Balaban J connectivity index is 1.81. The van der Waals surface area contributed by atoms with Gasteiger partial charge in [0.1, 0.15) is 5.82 Å². The maximum atomic E-state index is 12.7. The Bertz CT molecular complexity index is 1290. The summed E-state index contributed by atoms with van der Waals surface area (Å²) in [5.74, 6) is 0.324. The molecule has 1 N–H and O–H groups in total. The van der Waals surface area contributed by atoms with Gasteiger partial charge in [-0.25, -0.2) is 4.98 Å². The summed E-state index contributed by atoms with van der Waals surface area (Å²) in [7, 11) is 0. The number of fused-ring (bicyclic) bond motifs is 1. The first-order chi connectivity index (χ1) is 13.5. The Kier molecular flexibility index (Phi) is 4.44. The van der Waals surface area contributed by atoms with Gasteiger partial charge in [0.2, 0.25) is 5.88 Å². The normalized spacial score (nSPS) is 11.5. The highest BCUT2D eigenvalue weighted by Crippen LogP contribution is 2.27. The fourth-order valence-corrected chi connectivity index (χ4v) is 3.17. The van der Waals surface area contributed by atoms with Crippen molar-refractivity contribution in [1.29, 1.82) is 0 Å². The van der Waals surface area contributed by atoms with Gasteiger partial charge in [0, 0.05) is 0 Å². The number of aromatic hydroxyl groups is 1. The average molecular weight is 394 g/mol. The minimum atomic E-state index is -0.282. The van der Waals surface area contributed by atoms with Gasteiger partial charge in [-0.3, -0.25) is 4.79 Å². The molecule has 2 heterocycles. The molecule has 0 aliphatic carbocycles. The van der Waals surface area contributed by atoms with Crippen LogP contribution < -0.4 is 5.56 Å². The maximum absolute atomic E-state index is 12.7. The van der Waals surface area contributed by atoms with Gasteiger partial charge >= 0.3 is 0 Å². The van der Waals surface area contributed by atoms with E-state index in [0.29, 0.717) is 38.7 Å². The highest BCUT2D eigenvalue weighted by atomic mass is 35.5. The third-order valence-electron chi connectivity index (χ3n) is 4.38. The van der Waals surface area contributed by atoms with Crippen molar-refractivity contribution in [3.05, 3.63) is 81.0 Å². The molecule has 0 radical (unpaired) electrons. The van der Waals surface area contributed by atoms with E-state index in [1.54, 1.807) is 56.3 Å². The van der Waals surface area contributed by atoms with Crippen LogP contribution in [0.1, 0.15) is 17.1 Å². The predicted octanol–water partition coefficient (Wildman–Crippen LogP) is 3.44. The molecule has 4 rings (SSSR count). The number of hydrogen-bond acceptors (Lipinski definition) is 5. The van der Waals surface area contributed by atoms with Crippen LogP contribution in [0, 0.1) is 13.8 Å². The minimum Gasteiger partial charge on any atom is -0.493 e. The Morgan fingerprint density at radius 2 is 1.82 bits per heavy atom. The highest BCUT2D eigenvalue weighted by Gasteiger charge is 2.16. The molecule has 0 aliphatic heterocycles. The third kappa shape index (κ3) is 2.95. The number of aryl methyl sites for hydroxylation is 2. The lowest BCUT2D eigenvalue weighted by Gasteiger charge is -2.06. The average Bonchev–Trinajstić information content (AvgIpc) is 2.96. The molecule has 140 valence electrons. The third-order valence-corrected chi connectivity index (χ3v) is 4.70. The Labute approximate surface area is 165 Å². The highest BCUT2D eigenvalue weighted by molar-refractivity contribution is 6.32. The van der Waals surface area contributed by atoms with Gasteiger partial charge in [-0.1, -0.05) is 35.9 Å². The molecule has 0 unspecified atom stereocenters. The molecule has 0 bridgehead atoms. The number of rotatable bonds is 3. The number of aromatic nitrogens is 4. The van der Waals surface area contributed by atoms with Crippen LogP contribution in [0.25, 0.3) is 16.6 Å². The summed E-state index contributed by atoms with van der Waals surface area (Å²) < 4.78 is 2.54. The van der Waals surface area contributed by atoms with Crippen LogP contribution in [-0.2, 0) is 0 Å². The molecule has 0 amide bonds. The summed E-state index contributed by atoms with van der Waals surface area (Å²) in [6.07, 6.45) is 1.40. The number of benzene rings is 2. The zero-order valence-corrected chi connectivity index (χ0v) is 15.9. The quantitative estimate of drug-likeness (QED) is 0.540. The first kappa shape index (κ1) is 17.9. The van der Waals surface area contributed by atoms with Gasteiger partial charge in [-0.15, -0.1) is 0 Å². The predicted molar refractivity (Wildman–Crippen MR) is 109 cm³/mol. The van der Waals surface area contributed by atoms with Crippen molar-refractivity contribution >= 4 is 28.7 Å². The topological polar surface area (TPSA) is 85.3 Å². The molecular formula is C20H16ClN5O2. The molecule has 0 fully saturated rings. The van der Waals surface area contributed by atoms with Crippen LogP contribution in [0.2, 0.25) is 5.02 Å². The van der Waals surface area contributed by atoms with Crippen LogP contribution in [0.5, 0.6) is 5.88 Å². The van der Waals surface area contributed by atoms with E-state index in [9.17, 15) is 9.90 Å². The minimum absolute atomic E-state index is 0.117. The molecule has 0 saturated carbocycles. The maximum Gasteiger partial charge on any atom is 0.282 e. The molecule has 4 aromatic rings. The van der Waals surface area contributed by atoms with Crippen LogP contribution >= 0.6 is 11.6 Å². The van der Waals surface area contributed by atoms with Gasteiger partial charge in [-0.2, -0.15) is 19.6 Å². The van der Waals surface area contributed by atoms with Crippen molar-refractivity contribution in [2.24, 2.45) is 5.10 Å². The first-order valence-corrected chi connectivity index (χ1v) is 8.91. The lowest BCUT2D eigenvalue weighted by atomic mass is 10.2. The Morgan fingerprint density at radius 3 is 2.61 bits per heavy atom. The molecular weight excluding hydrogens is 378 g/mol. The van der Waals surface area contributed by atoms with E-state index in [0.717, 1.165) is 0 Å². The van der Waals surface area contributed by atoms with Crippen molar-refractivity contribution in [2.45, 2.75) is 13.8 Å². The van der Waals surface area contributed by atoms with Crippen LogP contribution in [0.15, 0.2) is 58.4 Å². The van der Waals surface area contributed by atoms with Gasteiger partial charge in [0.05, 0.1) is 39.1 Å². The number of hydrogen-bond donors (Lipinski definition) is 1. The second-order valence-electron chi connectivity index (χ2n) is 6.22. The zero-order chi connectivity index (χ0) is 19.8. The summed E-state index contributed by atoms with van der Waals surface area (Å²) >= 11 is 6.20. The van der Waals surface area contributed by atoms with E-state index in [2.05, 4.69) is 15.2 Å². The van der Waals surface area contributed by atoms with Crippen LogP contribution in [-0.4, -0.2) is 30.8 Å². The molecule has 0 saturated heterocycles. The fraction of sp³-hybridized carbons (Fsp3) is 0.100. The number of halogens is 1. The zero-order valence-electron chi connectivity index (χ0n) is 15.2. The van der Waals surface area contributed by atoms with Crippen molar-refractivity contribution in [3.8, 4) is 11.6 Å². The number of nitrogens with zero attached hydrogens (tertiary/aromatic N) is 5. The lowest BCUT2D eigenvalue weighted by molar-refractivity contribution is 0.433.